The predicted octanol–water partition coefficient (Wildman–Crippen LogP) is 2.28. The average molecular weight is 372 g/mol. The van der Waals surface area contributed by atoms with Crippen LogP contribution in [-0.4, -0.2) is 36.7 Å². The maximum absolute atomic E-state index is 12.5. The van der Waals surface area contributed by atoms with Gasteiger partial charge in [-0.05, 0) is 25.5 Å². The number of aryl methyl sites for hydroxylation is 1. The Morgan fingerprint density at radius 3 is 2.19 bits per heavy atom. The van der Waals surface area contributed by atoms with E-state index in [0.717, 1.165) is 5.56 Å². The molecule has 1 aliphatic rings. The number of hydrogen-bond acceptors (Lipinski definition) is 4. The highest BCUT2D eigenvalue weighted by Crippen LogP contribution is 2.41. The number of rotatable bonds is 4. The Hall–Kier alpha value is -0.340. The van der Waals surface area contributed by atoms with Crippen LogP contribution in [0.3, 0.4) is 0 Å². The Kier molecular flexibility index (Phi) is 4.62. The van der Waals surface area contributed by atoms with Crippen molar-refractivity contribution in [3.63, 3.8) is 0 Å². The van der Waals surface area contributed by atoms with Gasteiger partial charge in [-0.25, -0.2) is 16.8 Å². The zero-order valence-electron chi connectivity index (χ0n) is 11.4. The summed E-state index contributed by atoms with van der Waals surface area (Å²) in [5.74, 6) is 0. The molecule has 0 aromatic heterocycles. The first kappa shape index (κ1) is 17.0. The fourth-order valence-electron chi connectivity index (χ4n) is 2.37. The van der Waals surface area contributed by atoms with Crippen molar-refractivity contribution in [3.8, 4) is 0 Å². The van der Waals surface area contributed by atoms with E-state index in [9.17, 15) is 16.8 Å². The van der Waals surface area contributed by atoms with Crippen molar-refractivity contribution in [1.82, 2.24) is 3.71 Å². The van der Waals surface area contributed by atoms with Gasteiger partial charge in [-0.2, -0.15) is 0 Å². The molecule has 5 nitrogen and oxygen atoms in total. The summed E-state index contributed by atoms with van der Waals surface area (Å²) >= 11 is 11.6. The number of nitrogens with zero attached hydrogens (tertiary/aromatic N) is 1. The summed E-state index contributed by atoms with van der Waals surface area (Å²) in [5.41, 5.74) is 0.871. The first-order valence-electron chi connectivity index (χ1n) is 6.27. The monoisotopic (exact) mass is 371 g/mol. The highest BCUT2D eigenvalue weighted by Gasteiger charge is 2.61. The van der Waals surface area contributed by atoms with Gasteiger partial charge in [-0.3, -0.25) is 0 Å². The molecule has 0 bridgehead atoms. The van der Waals surface area contributed by atoms with Gasteiger partial charge in [-0.1, -0.05) is 28.3 Å². The van der Waals surface area contributed by atoms with Gasteiger partial charge in [0.15, 0.2) is 0 Å². The van der Waals surface area contributed by atoms with Crippen LogP contribution in [0.4, 0.5) is 0 Å². The molecule has 1 saturated heterocycles. The Bertz CT molecular complexity index is 729. The molecule has 2 rings (SSSR count). The van der Waals surface area contributed by atoms with E-state index in [0.29, 0.717) is 3.71 Å². The number of sulfonamides is 2. The Labute approximate surface area is 135 Å². The third kappa shape index (κ3) is 2.70. The molecule has 21 heavy (non-hydrogen) atoms. The van der Waals surface area contributed by atoms with Gasteiger partial charge in [0.05, 0.1) is 16.2 Å². The van der Waals surface area contributed by atoms with Gasteiger partial charge in [-0.15, -0.1) is 23.2 Å². The smallest absolute Gasteiger partial charge is 0.211 e. The zero-order valence-corrected chi connectivity index (χ0v) is 14.5. The minimum atomic E-state index is -4.19. The van der Waals surface area contributed by atoms with Crippen molar-refractivity contribution < 1.29 is 16.8 Å². The molecular formula is C12H15Cl2NO4S2. The van der Waals surface area contributed by atoms with Crippen LogP contribution < -0.4 is 0 Å². The lowest BCUT2D eigenvalue weighted by Gasteiger charge is -2.45. The number of hydrogen-bond donors (Lipinski definition) is 0. The largest absolute Gasteiger partial charge is 0.256 e. The van der Waals surface area contributed by atoms with Gasteiger partial charge in [0.2, 0.25) is 10.0 Å². The van der Waals surface area contributed by atoms with Crippen LogP contribution in [0.5, 0.6) is 0 Å². The van der Waals surface area contributed by atoms with Gasteiger partial charge >= 0.3 is 0 Å². The van der Waals surface area contributed by atoms with Crippen molar-refractivity contribution >= 4 is 43.2 Å². The van der Waals surface area contributed by atoms with E-state index < -0.39 is 36.2 Å². The van der Waals surface area contributed by atoms with Crippen LogP contribution >= 0.6 is 23.2 Å². The van der Waals surface area contributed by atoms with Crippen LogP contribution in [0.1, 0.15) is 18.9 Å². The molecule has 0 N–H and O–H groups in total. The van der Waals surface area contributed by atoms with Crippen molar-refractivity contribution in [2.24, 2.45) is 0 Å². The second-order valence-electron chi connectivity index (χ2n) is 4.86. The maximum Gasteiger partial charge on any atom is 0.256 e. The van der Waals surface area contributed by atoms with Gasteiger partial charge in [0.25, 0.3) is 10.0 Å². The number of halogens is 2. The first-order valence-corrected chi connectivity index (χ1v) is 10.1. The minimum Gasteiger partial charge on any atom is -0.211 e. The maximum atomic E-state index is 12.5. The van der Waals surface area contributed by atoms with E-state index in [1.807, 2.05) is 0 Å². The molecule has 1 fully saturated rings. The van der Waals surface area contributed by atoms with Crippen molar-refractivity contribution in [2.75, 3.05) is 0 Å². The van der Waals surface area contributed by atoms with E-state index in [1.165, 1.54) is 12.1 Å². The molecule has 118 valence electrons. The zero-order chi connectivity index (χ0) is 16.0. The van der Waals surface area contributed by atoms with Crippen molar-refractivity contribution in [2.45, 2.75) is 41.3 Å². The molecule has 0 aliphatic carbocycles. The molecule has 2 atom stereocenters. The Morgan fingerprint density at radius 1 is 1.24 bits per heavy atom. The minimum absolute atomic E-state index is 0.0924. The standard InChI is InChI=1S/C12H15Cl2NO4S2/c1-3-10-11(12(13)14)15(21(10,18)19)20(16,17)9-6-4-8(2)5-7-9/h4-7,10-12H,3H2,1-2H3/t10-,11-/m1/s1. The topological polar surface area (TPSA) is 71.5 Å². The molecule has 0 spiro atoms. The summed E-state index contributed by atoms with van der Waals surface area (Å²) < 4.78 is 50.0. The van der Waals surface area contributed by atoms with E-state index in [1.54, 1.807) is 26.0 Å². The first-order chi connectivity index (χ1) is 9.64. The Balaban J connectivity index is 2.50. The van der Waals surface area contributed by atoms with E-state index in [2.05, 4.69) is 0 Å². The normalized spacial score (nSPS) is 25.8. The second kappa shape index (κ2) is 5.70. The third-order valence-corrected chi connectivity index (χ3v) is 8.91. The molecule has 1 aliphatic heterocycles. The molecule has 1 heterocycles. The lowest BCUT2D eigenvalue weighted by molar-refractivity contribution is 0.345. The van der Waals surface area contributed by atoms with Crippen LogP contribution in [0.2, 0.25) is 0 Å². The summed E-state index contributed by atoms with van der Waals surface area (Å²) in [6.45, 7) is 3.46. The lowest BCUT2D eigenvalue weighted by atomic mass is 10.2. The van der Waals surface area contributed by atoms with Gasteiger partial charge in [0.1, 0.15) is 4.84 Å². The second-order valence-corrected chi connectivity index (χ2v) is 10.1. The highest BCUT2D eigenvalue weighted by molar-refractivity contribution is 8.05. The van der Waals surface area contributed by atoms with Gasteiger partial charge in [0, 0.05) is 0 Å². The number of benzene rings is 1. The van der Waals surface area contributed by atoms with Crippen LogP contribution in [0, 0.1) is 6.92 Å². The highest BCUT2D eigenvalue weighted by atomic mass is 35.5. The average Bonchev–Trinajstić information content (AvgIpc) is 2.36. The quantitative estimate of drug-likeness (QED) is 0.761. The Morgan fingerprint density at radius 2 is 1.76 bits per heavy atom. The van der Waals surface area contributed by atoms with E-state index >= 15 is 0 Å². The summed E-state index contributed by atoms with van der Waals surface area (Å²) in [6, 6.07) is 4.98. The summed E-state index contributed by atoms with van der Waals surface area (Å²) in [6.07, 6.45) is 0.253. The summed E-state index contributed by atoms with van der Waals surface area (Å²) in [4.78, 5) is -1.20. The molecule has 0 radical (unpaired) electrons. The summed E-state index contributed by atoms with van der Waals surface area (Å²) in [7, 11) is -8.13. The van der Waals surface area contributed by atoms with Crippen LogP contribution in [0.15, 0.2) is 29.2 Å². The van der Waals surface area contributed by atoms with E-state index in [-0.39, 0.29) is 11.3 Å². The molecular weight excluding hydrogens is 357 g/mol. The SMILES string of the molecule is CC[C@@H]1[C@H](C(Cl)Cl)N(S(=O)(=O)c2ccc(C)cc2)S1(=O)=O. The molecule has 9 heteroatoms. The molecule has 0 unspecified atom stereocenters. The van der Waals surface area contributed by atoms with Gasteiger partial charge < -0.3 is 0 Å². The molecule has 1 aromatic carbocycles. The van der Waals surface area contributed by atoms with Crippen LogP contribution in [-0.2, 0) is 20.0 Å². The third-order valence-electron chi connectivity index (χ3n) is 3.47. The molecule has 0 saturated carbocycles. The summed E-state index contributed by atoms with van der Waals surface area (Å²) in [5, 5.41) is -0.877. The number of alkyl halides is 2. The molecule has 0 amide bonds. The fourth-order valence-corrected chi connectivity index (χ4v) is 8.16. The van der Waals surface area contributed by atoms with Crippen molar-refractivity contribution in [3.05, 3.63) is 29.8 Å². The van der Waals surface area contributed by atoms with E-state index in [4.69, 9.17) is 23.2 Å². The van der Waals surface area contributed by atoms with Crippen LogP contribution in [0.25, 0.3) is 0 Å². The fraction of sp³-hybridized carbons (Fsp3) is 0.500. The predicted molar refractivity (Wildman–Crippen MR) is 82.5 cm³/mol. The van der Waals surface area contributed by atoms with Crippen molar-refractivity contribution in [1.29, 1.82) is 0 Å². The lowest BCUT2D eigenvalue weighted by Crippen LogP contribution is -2.67. The molecule has 1 aromatic rings.